The summed E-state index contributed by atoms with van der Waals surface area (Å²) >= 11 is 0. The van der Waals surface area contributed by atoms with Gasteiger partial charge in [-0.05, 0) is 46.2 Å². The number of ether oxygens (including phenoxy) is 1. The average molecular weight is 348 g/mol. The number of para-hydroxylation sites is 1. The molecule has 1 fully saturated rings. The van der Waals surface area contributed by atoms with Crippen LogP contribution in [0.15, 0.2) is 24.3 Å². The smallest absolute Gasteiger partial charge is 0.414 e. The largest absolute Gasteiger partial charge is 0.443 e. The van der Waals surface area contributed by atoms with E-state index in [1.54, 1.807) is 4.90 Å². The molecule has 25 heavy (non-hydrogen) atoms. The minimum absolute atomic E-state index is 0.252. The van der Waals surface area contributed by atoms with Gasteiger partial charge in [0, 0.05) is 18.7 Å². The molecule has 2 N–H and O–H groups in total. The fraction of sp³-hybridized carbons (Fsp3) is 0.632. The average Bonchev–Trinajstić information content (AvgIpc) is 2.53. The van der Waals surface area contributed by atoms with Crippen molar-refractivity contribution < 1.29 is 19.7 Å². The molecule has 0 saturated carbocycles. The summed E-state index contributed by atoms with van der Waals surface area (Å²) in [5, 5.41) is 20.9. The highest BCUT2D eigenvalue weighted by Gasteiger charge is 2.40. The predicted octanol–water partition coefficient (Wildman–Crippen LogP) is 2.30. The molecule has 1 aromatic rings. The molecule has 1 amide bonds. The lowest BCUT2D eigenvalue weighted by Crippen LogP contribution is -2.56. The summed E-state index contributed by atoms with van der Waals surface area (Å²) in [7, 11) is 0. The van der Waals surface area contributed by atoms with Crippen molar-refractivity contribution in [3.8, 4) is 0 Å². The lowest BCUT2D eigenvalue weighted by atomic mass is 9.92. The van der Waals surface area contributed by atoms with E-state index in [-0.39, 0.29) is 12.1 Å². The first-order valence-corrected chi connectivity index (χ1v) is 8.96. The zero-order valence-electron chi connectivity index (χ0n) is 15.2. The lowest BCUT2D eigenvalue weighted by molar-refractivity contribution is -0.00591. The Morgan fingerprint density at radius 2 is 1.92 bits per heavy atom. The van der Waals surface area contributed by atoms with Gasteiger partial charge in [0.25, 0.3) is 0 Å². The van der Waals surface area contributed by atoms with Crippen LogP contribution in [-0.4, -0.2) is 58.6 Å². The molecule has 1 aromatic carbocycles. The van der Waals surface area contributed by atoms with Crippen molar-refractivity contribution in [2.24, 2.45) is 0 Å². The molecule has 2 heterocycles. The third kappa shape index (κ3) is 3.97. The number of anilines is 1. The molecule has 6 nitrogen and oxygen atoms in total. The number of hydrogen-bond donors (Lipinski definition) is 2. The standard InChI is InChI=1S/C19H28N2O4/c1-19(2,3)25-18(24)21-12-16(20-10-6-7-13(22)11-20)17(23)14-8-4-5-9-15(14)21/h4-5,8-9,13,16-17,22-23H,6-7,10-12H2,1-3H3/t13-,16-,17+/m0/s1. The number of amides is 1. The Morgan fingerprint density at radius 1 is 1.20 bits per heavy atom. The maximum Gasteiger partial charge on any atom is 0.414 e. The van der Waals surface area contributed by atoms with E-state index in [1.165, 1.54) is 0 Å². The Kier molecular flexibility index (Phi) is 5.04. The summed E-state index contributed by atoms with van der Waals surface area (Å²) in [4.78, 5) is 16.4. The van der Waals surface area contributed by atoms with Crippen molar-refractivity contribution in [2.75, 3.05) is 24.5 Å². The third-order valence-electron chi connectivity index (χ3n) is 4.79. The van der Waals surface area contributed by atoms with E-state index in [0.717, 1.165) is 24.9 Å². The Labute approximate surface area is 149 Å². The molecule has 0 spiro atoms. The minimum Gasteiger partial charge on any atom is -0.443 e. The first kappa shape index (κ1) is 18.2. The Balaban J connectivity index is 1.90. The molecule has 0 aromatic heterocycles. The molecular weight excluding hydrogens is 320 g/mol. The summed E-state index contributed by atoms with van der Waals surface area (Å²) in [5.74, 6) is 0. The SMILES string of the molecule is CC(C)(C)OC(=O)N1C[C@H](N2CCC[C@H](O)C2)[C@H](O)c2ccccc21. The molecule has 1 saturated heterocycles. The highest BCUT2D eigenvalue weighted by molar-refractivity contribution is 5.90. The fourth-order valence-electron chi connectivity index (χ4n) is 3.67. The van der Waals surface area contributed by atoms with Crippen LogP contribution in [0.2, 0.25) is 0 Å². The summed E-state index contributed by atoms with van der Waals surface area (Å²) < 4.78 is 5.56. The zero-order valence-corrected chi connectivity index (χ0v) is 15.2. The van der Waals surface area contributed by atoms with E-state index in [1.807, 2.05) is 45.0 Å². The molecule has 3 atom stereocenters. The van der Waals surface area contributed by atoms with Gasteiger partial charge in [0.1, 0.15) is 5.60 Å². The summed E-state index contributed by atoms with van der Waals surface area (Å²) in [5.41, 5.74) is 0.835. The van der Waals surface area contributed by atoms with Crippen LogP contribution in [0.25, 0.3) is 0 Å². The number of rotatable bonds is 1. The van der Waals surface area contributed by atoms with Crippen molar-refractivity contribution in [3.05, 3.63) is 29.8 Å². The molecule has 0 radical (unpaired) electrons. The number of carbonyl (C=O) groups is 1. The summed E-state index contributed by atoms with van der Waals surface area (Å²) in [6, 6.07) is 7.15. The number of carbonyl (C=O) groups excluding carboxylic acids is 1. The van der Waals surface area contributed by atoms with Crippen LogP contribution < -0.4 is 4.90 Å². The quantitative estimate of drug-likeness (QED) is 0.815. The van der Waals surface area contributed by atoms with Gasteiger partial charge in [0.05, 0.1) is 23.9 Å². The van der Waals surface area contributed by atoms with Crippen molar-refractivity contribution >= 4 is 11.8 Å². The number of likely N-dealkylation sites (tertiary alicyclic amines) is 1. The lowest BCUT2D eigenvalue weighted by Gasteiger charge is -2.45. The van der Waals surface area contributed by atoms with E-state index in [0.29, 0.717) is 18.8 Å². The second-order valence-electron chi connectivity index (χ2n) is 7.95. The number of piperidine rings is 1. The van der Waals surface area contributed by atoms with E-state index in [2.05, 4.69) is 4.90 Å². The topological polar surface area (TPSA) is 73.2 Å². The van der Waals surface area contributed by atoms with Crippen molar-refractivity contribution in [2.45, 2.75) is 57.5 Å². The van der Waals surface area contributed by atoms with E-state index in [9.17, 15) is 15.0 Å². The van der Waals surface area contributed by atoms with Gasteiger partial charge in [-0.3, -0.25) is 9.80 Å². The second-order valence-corrected chi connectivity index (χ2v) is 7.95. The van der Waals surface area contributed by atoms with Crippen molar-refractivity contribution in [1.29, 1.82) is 0 Å². The minimum atomic E-state index is -0.694. The van der Waals surface area contributed by atoms with Gasteiger partial charge in [-0.15, -0.1) is 0 Å². The van der Waals surface area contributed by atoms with Crippen LogP contribution in [0.5, 0.6) is 0 Å². The van der Waals surface area contributed by atoms with Gasteiger partial charge in [-0.2, -0.15) is 0 Å². The van der Waals surface area contributed by atoms with Gasteiger partial charge in [0.2, 0.25) is 0 Å². The number of nitrogens with zero attached hydrogens (tertiary/aromatic N) is 2. The predicted molar refractivity (Wildman–Crippen MR) is 95.6 cm³/mol. The van der Waals surface area contributed by atoms with Crippen LogP contribution in [0.4, 0.5) is 10.5 Å². The van der Waals surface area contributed by atoms with E-state index in [4.69, 9.17) is 4.74 Å². The number of hydrogen-bond acceptors (Lipinski definition) is 5. The number of fused-ring (bicyclic) bond motifs is 1. The second kappa shape index (κ2) is 6.94. The maximum atomic E-state index is 12.7. The van der Waals surface area contributed by atoms with Gasteiger partial charge in [0.15, 0.2) is 0 Å². The fourth-order valence-corrected chi connectivity index (χ4v) is 3.67. The highest BCUT2D eigenvalue weighted by atomic mass is 16.6. The monoisotopic (exact) mass is 348 g/mol. The molecule has 2 aliphatic rings. The van der Waals surface area contributed by atoms with Gasteiger partial charge >= 0.3 is 6.09 Å². The highest BCUT2D eigenvalue weighted by Crippen LogP contribution is 2.37. The van der Waals surface area contributed by atoms with Crippen molar-refractivity contribution in [3.63, 3.8) is 0 Å². The molecule has 0 unspecified atom stereocenters. The third-order valence-corrected chi connectivity index (χ3v) is 4.79. The molecule has 3 rings (SSSR count). The molecule has 0 aliphatic carbocycles. The van der Waals surface area contributed by atoms with Crippen LogP contribution in [0.1, 0.15) is 45.3 Å². The molecule has 2 aliphatic heterocycles. The van der Waals surface area contributed by atoms with Crippen LogP contribution in [0, 0.1) is 0 Å². The number of β-amino-alcohol motifs (C(OH)–C–C–N with tert-alkyl or cyclic N) is 1. The Hall–Kier alpha value is -1.63. The number of aliphatic hydroxyl groups excluding tert-OH is 2. The van der Waals surface area contributed by atoms with Crippen molar-refractivity contribution in [1.82, 2.24) is 4.90 Å². The van der Waals surface area contributed by atoms with Gasteiger partial charge < -0.3 is 14.9 Å². The van der Waals surface area contributed by atoms with Crippen LogP contribution in [-0.2, 0) is 4.74 Å². The first-order chi connectivity index (χ1) is 11.8. The molecule has 0 bridgehead atoms. The van der Waals surface area contributed by atoms with Gasteiger partial charge in [-0.1, -0.05) is 18.2 Å². The van der Waals surface area contributed by atoms with Crippen LogP contribution >= 0.6 is 0 Å². The van der Waals surface area contributed by atoms with Gasteiger partial charge in [-0.25, -0.2) is 4.79 Å². The number of benzene rings is 1. The molecule has 6 heteroatoms. The van der Waals surface area contributed by atoms with Crippen LogP contribution in [0.3, 0.4) is 0 Å². The van der Waals surface area contributed by atoms with E-state index < -0.39 is 17.8 Å². The normalized spacial score (nSPS) is 27.7. The summed E-state index contributed by atoms with van der Waals surface area (Å²) in [6.07, 6.45) is 0.187. The molecular formula is C19H28N2O4. The maximum absolute atomic E-state index is 12.7. The first-order valence-electron chi connectivity index (χ1n) is 8.96. The number of aliphatic hydroxyl groups is 2. The summed E-state index contributed by atoms with van der Waals surface area (Å²) in [6.45, 7) is 7.20. The zero-order chi connectivity index (χ0) is 18.2. The molecule has 138 valence electrons. The Morgan fingerprint density at radius 3 is 2.60 bits per heavy atom. The Bertz CT molecular complexity index is 628. The van der Waals surface area contributed by atoms with E-state index >= 15 is 0 Å².